The van der Waals surface area contributed by atoms with E-state index in [9.17, 15) is 0 Å². The van der Waals surface area contributed by atoms with E-state index in [1.807, 2.05) is 6.20 Å². The summed E-state index contributed by atoms with van der Waals surface area (Å²) in [5, 5.41) is 3.56. The zero-order valence-electron chi connectivity index (χ0n) is 12.1. The molecule has 0 aliphatic carbocycles. The fourth-order valence-corrected chi connectivity index (χ4v) is 2.64. The number of hydrogen-bond donors (Lipinski definition) is 1. The fraction of sp³-hybridized carbons (Fsp3) is 0.353. The third-order valence-corrected chi connectivity index (χ3v) is 3.77. The number of likely N-dealkylation sites (N-methyl/N-ethyl adjacent to an activating group) is 1. The Kier molecular flexibility index (Phi) is 5.74. The molecule has 2 rings (SSSR count). The first-order valence-electron chi connectivity index (χ1n) is 7.06. The molecular weight excluding hydrogens is 312 g/mol. The summed E-state index contributed by atoms with van der Waals surface area (Å²) in [6, 6.07) is 13.3. The Labute approximate surface area is 129 Å². The Morgan fingerprint density at radius 1 is 1.20 bits per heavy atom. The lowest BCUT2D eigenvalue weighted by atomic mass is 10.00. The van der Waals surface area contributed by atoms with Crippen molar-refractivity contribution in [2.75, 3.05) is 6.54 Å². The number of halogens is 1. The van der Waals surface area contributed by atoms with Gasteiger partial charge in [-0.05, 0) is 53.5 Å². The third-order valence-electron chi connectivity index (χ3n) is 3.30. The average Bonchev–Trinajstić information content (AvgIpc) is 2.42. The van der Waals surface area contributed by atoms with Crippen molar-refractivity contribution in [2.24, 2.45) is 0 Å². The number of nitrogens with one attached hydrogen (secondary N) is 1. The first-order valence-corrected chi connectivity index (χ1v) is 7.86. The molecule has 106 valence electrons. The quantitative estimate of drug-likeness (QED) is 0.867. The Bertz CT molecular complexity index is 537. The molecule has 0 saturated carbocycles. The predicted molar refractivity (Wildman–Crippen MR) is 88.0 cm³/mol. The smallest absolute Gasteiger partial charge is 0.0420 e. The van der Waals surface area contributed by atoms with E-state index >= 15 is 0 Å². The van der Waals surface area contributed by atoms with Crippen molar-refractivity contribution in [2.45, 2.75) is 32.7 Å². The van der Waals surface area contributed by atoms with Crippen LogP contribution < -0.4 is 5.32 Å². The molecule has 0 saturated heterocycles. The van der Waals surface area contributed by atoms with E-state index in [4.69, 9.17) is 0 Å². The van der Waals surface area contributed by atoms with E-state index in [1.165, 1.54) is 11.1 Å². The molecule has 0 amide bonds. The summed E-state index contributed by atoms with van der Waals surface area (Å²) in [5.41, 5.74) is 3.83. The molecule has 20 heavy (non-hydrogen) atoms. The Hall–Kier alpha value is -1.19. The van der Waals surface area contributed by atoms with Crippen LogP contribution in [0.5, 0.6) is 0 Å². The summed E-state index contributed by atoms with van der Waals surface area (Å²) in [6.45, 7) is 5.27. The molecule has 0 radical (unpaired) electrons. The van der Waals surface area contributed by atoms with Crippen LogP contribution in [0.1, 0.15) is 23.7 Å². The van der Waals surface area contributed by atoms with Gasteiger partial charge in [0.05, 0.1) is 0 Å². The van der Waals surface area contributed by atoms with Crippen LogP contribution in [-0.2, 0) is 12.8 Å². The van der Waals surface area contributed by atoms with Gasteiger partial charge in [0.1, 0.15) is 0 Å². The second-order valence-electron chi connectivity index (χ2n) is 5.12. The number of hydrogen-bond acceptors (Lipinski definition) is 2. The highest BCUT2D eigenvalue weighted by molar-refractivity contribution is 9.10. The largest absolute Gasteiger partial charge is 0.314 e. The Morgan fingerprint density at radius 3 is 2.70 bits per heavy atom. The summed E-state index contributed by atoms with van der Waals surface area (Å²) in [4.78, 5) is 4.47. The highest BCUT2D eigenvalue weighted by Crippen LogP contribution is 2.12. The van der Waals surface area contributed by atoms with Crippen LogP contribution in [-0.4, -0.2) is 17.6 Å². The van der Waals surface area contributed by atoms with Gasteiger partial charge in [-0.2, -0.15) is 0 Å². The Morgan fingerprint density at radius 2 is 2.05 bits per heavy atom. The molecule has 1 unspecified atom stereocenters. The van der Waals surface area contributed by atoms with Crippen molar-refractivity contribution < 1.29 is 0 Å². The van der Waals surface area contributed by atoms with Crippen LogP contribution in [0.3, 0.4) is 0 Å². The molecular formula is C17H21BrN2. The molecule has 0 fully saturated rings. The molecule has 0 spiro atoms. The van der Waals surface area contributed by atoms with Crippen molar-refractivity contribution in [1.29, 1.82) is 0 Å². The maximum atomic E-state index is 4.47. The normalized spacial score (nSPS) is 12.3. The maximum Gasteiger partial charge on any atom is 0.0420 e. The van der Waals surface area contributed by atoms with E-state index in [1.54, 1.807) is 0 Å². The molecule has 0 aliphatic heterocycles. The number of nitrogens with zero attached hydrogens (tertiary/aromatic N) is 1. The van der Waals surface area contributed by atoms with E-state index < -0.39 is 0 Å². The maximum absolute atomic E-state index is 4.47. The third kappa shape index (κ3) is 4.73. The topological polar surface area (TPSA) is 24.9 Å². The zero-order chi connectivity index (χ0) is 14.4. The van der Waals surface area contributed by atoms with Gasteiger partial charge in [-0.1, -0.05) is 36.8 Å². The van der Waals surface area contributed by atoms with Gasteiger partial charge in [-0.25, -0.2) is 0 Å². The molecule has 2 nitrogen and oxygen atoms in total. The number of benzene rings is 1. The number of rotatable bonds is 6. The van der Waals surface area contributed by atoms with E-state index in [0.29, 0.717) is 6.04 Å². The number of aromatic nitrogens is 1. The van der Waals surface area contributed by atoms with E-state index in [0.717, 1.165) is 29.6 Å². The second-order valence-corrected chi connectivity index (χ2v) is 6.04. The lowest BCUT2D eigenvalue weighted by Crippen LogP contribution is -2.33. The molecule has 0 bridgehead atoms. The average molecular weight is 333 g/mol. The van der Waals surface area contributed by atoms with Crippen LogP contribution in [0.15, 0.2) is 47.1 Å². The minimum atomic E-state index is 0.426. The number of pyridine rings is 1. The first-order chi connectivity index (χ1) is 9.67. The van der Waals surface area contributed by atoms with Gasteiger partial charge in [0.25, 0.3) is 0 Å². The number of aryl methyl sites for hydroxylation is 1. The molecule has 1 aromatic carbocycles. The van der Waals surface area contributed by atoms with Crippen LogP contribution in [0.4, 0.5) is 0 Å². The van der Waals surface area contributed by atoms with Crippen molar-refractivity contribution in [3.63, 3.8) is 0 Å². The van der Waals surface area contributed by atoms with Gasteiger partial charge >= 0.3 is 0 Å². The molecule has 1 aromatic heterocycles. The predicted octanol–water partition coefficient (Wildman–Crippen LogP) is 3.92. The minimum absolute atomic E-state index is 0.426. The van der Waals surface area contributed by atoms with Gasteiger partial charge in [0.15, 0.2) is 0 Å². The fourth-order valence-electron chi connectivity index (χ4n) is 2.41. The van der Waals surface area contributed by atoms with Crippen molar-refractivity contribution in [3.05, 3.63) is 63.9 Å². The SMILES string of the molecule is CCNC(Cc1cccc(C)c1)Cc1ccc(Br)cn1. The van der Waals surface area contributed by atoms with Crippen molar-refractivity contribution >= 4 is 15.9 Å². The van der Waals surface area contributed by atoms with E-state index in [-0.39, 0.29) is 0 Å². The van der Waals surface area contributed by atoms with Gasteiger partial charge < -0.3 is 5.32 Å². The highest BCUT2D eigenvalue weighted by Gasteiger charge is 2.10. The summed E-state index contributed by atoms with van der Waals surface area (Å²) in [6.07, 6.45) is 3.85. The lowest BCUT2D eigenvalue weighted by Gasteiger charge is -2.18. The highest BCUT2D eigenvalue weighted by atomic mass is 79.9. The van der Waals surface area contributed by atoms with Gasteiger partial charge in [0.2, 0.25) is 0 Å². The molecule has 1 heterocycles. The van der Waals surface area contributed by atoms with Crippen LogP contribution in [0.2, 0.25) is 0 Å². The zero-order valence-corrected chi connectivity index (χ0v) is 13.7. The van der Waals surface area contributed by atoms with E-state index in [2.05, 4.69) is 76.5 Å². The molecule has 1 N–H and O–H groups in total. The standard InChI is InChI=1S/C17H21BrN2/c1-3-19-17(10-14-6-4-5-13(2)9-14)11-16-8-7-15(18)12-20-16/h4-9,12,17,19H,3,10-11H2,1-2H3. The van der Waals surface area contributed by atoms with Crippen LogP contribution in [0.25, 0.3) is 0 Å². The van der Waals surface area contributed by atoms with Gasteiger partial charge in [0, 0.05) is 28.8 Å². The summed E-state index contributed by atoms with van der Waals surface area (Å²) >= 11 is 3.43. The summed E-state index contributed by atoms with van der Waals surface area (Å²) in [5.74, 6) is 0. The van der Waals surface area contributed by atoms with Crippen LogP contribution >= 0.6 is 15.9 Å². The van der Waals surface area contributed by atoms with Crippen molar-refractivity contribution in [1.82, 2.24) is 10.3 Å². The van der Waals surface area contributed by atoms with Crippen LogP contribution in [0, 0.1) is 6.92 Å². The monoisotopic (exact) mass is 332 g/mol. The molecule has 0 aliphatic rings. The second kappa shape index (κ2) is 7.55. The molecule has 1 atom stereocenters. The van der Waals surface area contributed by atoms with Crippen molar-refractivity contribution in [3.8, 4) is 0 Å². The molecule has 3 heteroatoms. The van der Waals surface area contributed by atoms with Gasteiger partial charge in [-0.15, -0.1) is 0 Å². The summed E-state index contributed by atoms with van der Waals surface area (Å²) < 4.78 is 1.03. The lowest BCUT2D eigenvalue weighted by molar-refractivity contribution is 0.516. The Balaban J connectivity index is 2.05. The summed E-state index contributed by atoms with van der Waals surface area (Å²) in [7, 11) is 0. The first kappa shape index (κ1) is 15.2. The minimum Gasteiger partial charge on any atom is -0.314 e. The molecule has 2 aromatic rings. The van der Waals surface area contributed by atoms with Gasteiger partial charge in [-0.3, -0.25) is 4.98 Å².